The van der Waals surface area contributed by atoms with Crippen LogP contribution in [0.5, 0.6) is 5.75 Å². The van der Waals surface area contributed by atoms with E-state index in [0.29, 0.717) is 17.8 Å². The third-order valence-corrected chi connectivity index (χ3v) is 5.88. The van der Waals surface area contributed by atoms with Gasteiger partial charge in [0.1, 0.15) is 24.2 Å². The van der Waals surface area contributed by atoms with Crippen LogP contribution in [-0.4, -0.2) is 28.7 Å². The number of rotatable bonds is 6. The van der Waals surface area contributed by atoms with Crippen molar-refractivity contribution in [1.29, 1.82) is 0 Å². The zero-order valence-corrected chi connectivity index (χ0v) is 17.2. The van der Waals surface area contributed by atoms with E-state index in [-0.39, 0.29) is 18.6 Å². The fraction of sp³-hybridized carbons (Fsp3) is 0.636. The largest absolute Gasteiger partial charge is 0.497 e. The molecular weight excluding hydrogens is 340 g/mol. The van der Waals surface area contributed by atoms with E-state index in [4.69, 9.17) is 9.47 Å². The van der Waals surface area contributed by atoms with Crippen LogP contribution in [0, 0.1) is 17.8 Å². The van der Waals surface area contributed by atoms with Crippen molar-refractivity contribution in [2.45, 2.75) is 66.0 Å². The second-order valence-electron chi connectivity index (χ2n) is 8.18. The van der Waals surface area contributed by atoms with Crippen molar-refractivity contribution in [3.05, 3.63) is 24.0 Å². The molecule has 1 heterocycles. The number of hydrogen-bond acceptors (Lipinski definition) is 4. The van der Waals surface area contributed by atoms with E-state index in [1.165, 1.54) is 6.42 Å². The molecule has 1 aliphatic rings. The summed E-state index contributed by atoms with van der Waals surface area (Å²) in [5, 5.41) is 0. The lowest BCUT2D eigenvalue weighted by atomic mass is 9.75. The lowest BCUT2D eigenvalue weighted by Crippen LogP contribution is -2.36. The highest BCUT2D eigenvalue weighted by atomic mass is 16.5. The zero-order valence-electron chi connectivity index (χ0n) is 17.2. The molecule has 0 radical (unpaired) electrons. The number of hydrogen-bond donors (Lipinski definition) is 0. The predicted molar refractivity (Wildman–Crippen MR) is 107 cm³/mol. The van der Waals surface area contributed by atoms with E-state index in [2.05, 4.69) is 32.7 Å². The fourth-order valence-corrected chi connectivity index (χ4v) is 4.32. The molecule has 3 atom stereocenters. The minimum absolute atomic E-state index is 0.0289. The normalized spacial score (nSPS) is 23.0. The van der Waals surface area contributed by atoms with Crippen molar-refractivity contribution in [1.82, 2.24) is 9.55 Å². The maximum Gasteiger partial charge on any atom is 0.326 e. The van der Waals surface area contributed by atoms with Gasteiger partial charge in [-0.05, 0) is 42.7 Å². The molecule has 1 aromatic heterocycles. The second-order valence-corrected chi connectivity index (χ2v) is 8.18. The van der Waals surface area contributed by atoms with E-state index in [1.54, 1.807) is 7.11 Å². The second kappa shape index (κ2) is 8.32. The molecule has 2 aromatic rings. The highest BCUT2D eigenvalue weighted by molar-refractivity contribution is 5.80. The van der Waals surface area contributed by atoms with Crippen LogP contribution in [0.25, 0.3) is 11.0 Å². The molecule has 0 bridgehead atoms. The summed E-state index contributed by atoms with van der Waals surface area (Å²) in [5.74, 6) is 3.11. The molecule has 1 aliphatic carbocycles. The molecule has 1 aromatic carbocycles. The van der Waals surface area contributed by atoms with Gasteiger partial charge in [-0.2, -0.15) is 0 Å². The molecule has 5 nitrogen and oxygen atoms in total. The summed E-state index contributed by atoms with van der Waals surface area (Å²) >= 11 is 0. The van der Waals surface area contributed by atoms with Crippen molar-refractivity contribution in [3.8, 4) is 5.75 Å². The summed E-state index contributed by atoms with van der Waals surface area (Å²) in [7, 11) is 1.65. The van der Waals surface area contributed by atoms with Crippen molar-refractivity contribution in [2.75, 3.05) is 7.11 Å². The van der Waals surface area contributed by atoms with Crippen molar-refractivity contribution >= 4 is 17.0 Å². The summed E-state index contributed by atoms with van der Waals surface area (Å²) in [6.45, 7) is 8.98. The Morgan fingerprint density at radius 2 is 2.11 bits per heavy atom. The number of aromatic nitrogens is 2. The first-order chi connectivity index (χ1) is 12.9. The highest BCUT2D eigenvalue weighted by Gasteiger charge is 2.33. The summed E-state index contributed by atoms with van der Waals surface area (Å²) in [5.41, 5.74) is 1.80. The highest BCUT2D eigenvalue weighted by Crippen LogP contribution is 2.35. The molecule has 1 unspecified atom stereocenters. The maximum absolute atomic E-state index is 12.8. The molecule has 1 saturated carbocycles. The number of benzene rings is 1. The minimum atomic E-state index is -0.162. The first-order valence-corrected chi connectivity index (χ1v) is 10.2. The Kier molecular flexibility index (Phi) is 6.08. The Labute approximate surface area is 162 Å². The van der Waals surface area contributed by atoms with Gasteiger partial charge >= 0.3 is 5.97 Å². The maximum atomic E-state index is 12.8. The van der Waals surface area contributed by atoms with Gasteiger partial charge in [-0.15, -0.1) is 0 Å². The summed E-state index contributed by atoms with van der Waals surface area (Å²) in [6, 6.07) is 5.78. The number of nitrogens with zero attached hydrogens (tertiary/aromatic N) is 2. The molecule has 1 fully saturated rings. The third-order valence-electron chi connectivity index (χ3n) is 5.88. The van der Waals surface area contributed by atoms with Crippen LogP contribution in [0.1, 0.15) is 52.8 Å². The number of carbonyl (C=O) groups is 1. The van der Waals surface area contributed by atoms with Gasteiger partial charge in [-0.25, -0.2) is 4.98 Å². The van der Waals surface area contributed by atoms with E-state index in [1.807, 2.05) is 22.8 Å². The Balaban J connectivity index is 1.79. The minimum Gasteiger partial charge on any atom is -0.497 e. The quantitative estimate of drug-likeness (QED) is 0.695. The van der Waals surface area contributed by atoms with Crippen LogP contribution >= 0.6 is 0 Å². The van der Waals surface area contributed by atoms with Gasteiger partial charge in [0.15, 0.2) is 0 Å². The molecular formula is C22H32N2O3. The van der Waals surface area contributed by atoms with Crippen LogP contribution < -0.4 is 4.74 Å². The summed E-state index contributed by atoms with van der Waals surface area (Å²) in [6.07, 6.45) is 4.13. The van der Waals surface area contributed by atoms with Crippen LogP contribution in [-0.2, 0) is 22.5 Å². The molecule has 3 rings (SSSR count). The molecule has 0 N–H and O–H groups in total. The molecule has 0 saturated heterocycles. The monoisotopic (exact) mass is 372 g/mol. The molecule has 0 spiro atoms. The van der Waals surface area contributed by atoms with Crippen molar-refractivity contribution in [3.63, 3.8) is 0 Å². The van der Waals surface area contributed by atoms with Gasteiger partial charge in [0.25, 0.3) is 0 Å². The molecule has 148 valence electrons. The van der Waals surface area contributed by atoms with Gasteiger partial charge in [-0.1, -0.05) is 34.1 Å². The Morgan fingerprint density at radius 3 is 2.78 bits per heavy atom. The van der Waals surface area contributed by atoms with Crippen LogP contribution in [0.3, 0.4) is 0 Å². The number of imidazole rings is 1. The average Bonchev–Trinajstić information content (AvgIpc) is 2.98. The van der Waals surface area contributed by atoms with Gasteiger partial charge in [0.05, 0.1) is 18.1 Å². The number of ether oxygens (including phenoxy) is 2. The lowest BCUT2D eigenvalue weighted by Gasteiger charge is -2.36. The number of carbonyl (C=O) groups excluding carboxylic acids is 1. The molecule has 0 aliphatic heterocycles. The van der Waals surface area contributed by atoms with Gasteiger partial charge in [0.2, 0.25) is 0 Å². The van der Waals surface area contributed by atoms with Crippen molar-refractivity contribution < 1.29 is 14.3 Å². The first kappa shape index (κ1) is 19.7. The Morgan fingerprint density at radius 1 is 1.33 bits per heavy atom. The number of aryl methyl sites for hydroxylation is 1. The SMILES string of the molecule is CCc1nc2cc(OC)ccc2n1CC(=O)O[C@@H]1C[C@H](C)CCC1C(C)C. The van der Waals surface area contributed by atoms with E-state index < -0.39 is 0 Å². The van der Waals surface area contributed by atoms with Crippen LogP contribution in [0.4, 0.5) is 0 Å². The van der Waals surface area contributed by atoms with E-state index >= 15 is 0 Å². The molecule has 0 amide bonds. The first-order valence-electron chi connectivity index (χ1n) is 10.2. The topological polar surface area (TPSA) is 53.4 Å². The number of esters is 1. The lowest BCUT2D eigenvalue weighted by molar-refractivity contribution is -0.156. The average molecular weight is 373 g/mol. The zero-order chi connectivity index (χ0) is 19.6. The molecule has 5 heteroatoms. The van der Waals surface area contributed by atoms with E-state index in [0.717, 1.165) is 41.9 Å². The predicted octanol–water partition coefficient (Wildman–Crippen LogP) is 4.61. The van der Waals surface area contributed by atoms with Crippen LogP contribution in [0.2, 0.25) is 0 Å². The standard InChI is InChI=1S/C22H32N2O3/c1-6-21-23-18-12-16(26-5)8-10-19(18)24(21)13-22(25)27-20-11-15(4)7-9-17(20)14(2)3/h8,10,12,14-15,17,20H,6-7,9,11,13H2,1-5H3/t15-,17?,20-/m1/s1. The number of methoxy groups -OCH3 is 1. The third kappa shape index (κ3) is 4.28. The summed E-state index contributed by atoms with van der Waals surface area (Å²) in [4.78, 5) is 17.5. The summed E-state index contributed by atoms with van der Waals surface area (Å²) < 4.78 is 13.3. The Bertz CT molecular complexity index is 796. The fourth-order valence-electron chi connectivity index (χ4n) is 4.32. The van der Waals surface area contributed by atoms with Gasteiger partial charge in [-0.3, -0.25) is 4.79 Å². The van der Waals surface area contributed by atoms with Gasteiger partial charge in [0, 0.05) is 12.5 Å². The van der Waals surface area contributed by atoms with Crippen LogP contribution in [0.15, 0.2) is 18.2 Å². The van der Waals surface area contributed by atoms with Crippen molar-refractivity contribution in [2.24, 2.45) is 17.8 Å². The smallest absolute Gasteiger partial charge is 0.326 e. The molecule has 27 heavy (non-hydrogen) atoms. The van der Waals surface area contributed by atoms with E-state index in [9.17, 15) is 4.79 Å². The van der Waals surface area contributed by atoms with Gasteiger partial charge < -0.3 is 14.0 Å². The number of fused-ring (bicyclic) bond motifs is 1. The Hall–Kier alpha value is -2.04.